The zero-order valence-electron chi connectivity index (χ0n) is 14.9. The molecule has 0 unspecified atom stereocenters. The second kappa shape index (κ2) is 8.19. The standard InChI is InChI=1S/C20H27N3O2/c1-15(24)23(14-20(25)22-17-7-3-2-4-8-17)12-11-16-13-21-19-10-6-5-9-18(16)19/h5-6,9-10,13,17,21H,2-4,7-8,11-12,14H2,1H3,(H,22,25). The van der Waals surface area contributed by atoms with Crippen molar-refractivity contribution in [3.63, 3.8) is 0 Å². The fraction of sp³-hybridized carbons (Fsp3) is 0.500. The first kappa shape index (κ1) is 17.5. The van der Waals surface area contributed by atoms with Gasteiger partial charge < -0.3 is 15.2 Å². The summed E-state index contributed by atoms with van der Waals surface area (Å²) in [5.74, 6) is -0.0975. The first-order chi connectivity index (χ1) is 12.1. The monoisotopic (exact) mass is 341 g/mol. The second-order valence-corrected chi connectivity index (χ2v) is 6.95. The maximum Gasteiger partial charge on any atom is 0.239 e. The molecule has 1 aliphatic carbocycles. The molecule has 0 aliphatic heterocycles. The number of aromatic nitrogens is 1. The third-order valence-electron chi connectivity index (χ3n) is 5.08. The number of fused-ring (bicyclic) bond motifs is 1. The minimum absolute atomic E-state index is 0.0407. The van der Waals surface area contributed by atoms with E-state index in [1.807, 2.05) is 24.4 Å². The van der Waals surface area contributed by atoms with Crippen LogP contribution >= 0.6 is 0 Å². The number of nitrogens with one attached hydrogen (secondary N) is 2. The first-order valence-corrected chi connectivity index (χ1v) is 9.23. The van der Waals surface area contributed by atoms with Crippen molar-refractivity contribution in [1.29, 1.82) is 0 Å². The predicted molar refractivity (Wildman–Crippen MR) is 99.3 cm³/mol. The number of carbonyl (C=O) groups excluding carboxylic acids is 2. The SMILES string of the molecule is CC(=O)N(CCc1c[nH]c2ccccc12)CC(=O)NC1CCCCC1. The van der Waals surface area contributed by atoms with Crippen molar-refractivity contribution in [3.8, 4) is 0 Å². The van der Waals surface area contributed by atoms with E-state index in [0.717, 1.165) is 24.8 Å². The molecule has 5 nitrogen and oxygen atoms in total. The van der Waals surface area contributed by atoms with Crippen LogP contribution in [0, 0.1) is 0 Å². The van der Waals surface area contributed by atoms with Crippen LogP contribution in [0.1, 0.15) is 44.6 Å². The molecule has 25 heavy (non-hydrogen) atoms. The van der Waals surface area contributed by atoms with Gasteiger partial charge in [-0.25, -0.2) is 0 Å². The molecule has 1 aromatic heterocycles. The summed E-state index contributed by atoms with van der Waals surface area (Å²) in [5.41, 5.74) is 2.27. The summed E-state index contributed by atoms with van der Waals surface area (Å²) >= 11 is 0. The van der Waals surface area contributed by atoms with Crippen LogP contribution in [0.25, 0.3) is 10.9 Å². The molecule has 0 atom stereocenters. The third kappa shape index (κ3) is 4.62. The van der Waals surface area contributed by atoms with Crippen molar-refractivity contribution in [2.24, 2.45) is 0 Å². The number of carbonyl (C=O) groups is 2. The van der Waals surface area contributed by atoms with Gasteiger partial charge >= 0.3 is 0 Å². The van der Waals surface area contributed by atoms with Crippen molar-refractivity contribution in [2.75, 3.05) is 13.1 Å². The highest BCUT2D eigenvalue weighted by atomic mass is 16.2. The fourth-order valence-electron chi connectivity index (χ4n) is 3.64. The number of nitrogens with zero attached hydrogens (tertiary/aromatic N) is 1. The Balaban J connectivity index is 1.55. The molecular weight excluding hydrogens is 314 g/mol. The molecule has 134 valence electrons. The van der Waals surface area contributed by atoms with Crippen LogP contribution in [0.3, 0.4) is 0 Å². The molecule has 1 fully saturated rings. The number of aromatic amines is 1. The number of amides is 2. The highest BCUT2D eigenvalue weighted by Gasteiger charge is 2.19. The van der Waals surface area contributed by atoms with Crippen molar-refractivity contribution < 1.29 is 9.59 Å². The van der Waals surface area contributed by atoms with Crippen LogP contribution in [-0.2, 0) is 16.0 Å². The Bertz CT molecular complexity index is 731. The summed E-state index contributed by atoms with van der Waals surface area (Å²) in [7, 11) is 0. The molecule has 0 saturated heterocycles. The number of hydrogen-bond acceptors (Lipinski definition) is 2. The van der Waals surface area contributed by atoms with Crippen molar-refractivity contribution in [3.05, 3.63) is 36.0 Å². The van der Waals surface area contributed by atoms with Crippen molar-refractivity contribution in [2.45, 2.75) is 51.5 Å². The number of hydrogen-bond donors (Lipinski definition) is 2. The molecule has 0 radical (unpaired) electrons. The van der Waals surface area contributed by atoms with E-state index in [2.05, 4.69) is 16.4 Å². The molecule has 1 saturated carbocycles. The highest BCUT2D eigenvalue weighted by molar-refractivity contribution is 5.84. The van der Waals surface area contributed by atoms with E-state index < -0.39 is 0 Å². The van der Waals surface area contributed by atoms with Gasteiger partial charge in [-0.3, -0.25) is 9.59 Å². The lowest BCUT2D eigenvalue weighted by atomic mass is 9.95. The second-order valence-electron chi connectivity index (χ2n) is 6.95. The molecule has 2 aromatic rings. The van der Waals surface area contributed by atoms with E-state index in [4.69, 9.17) is 0 Å². The van der Waals surface area contributed by atoms with Gasteiger partial charge in [0.05, 0.1) is 6.54 Å². The topological polar surface area (TPSA) is 65.2 Å². The summed E-state index contributed by atoms with van der Waals surface area (Å²) < 4.78 is 0. The maximum atomic E-state index is 12.3. The van der Waals surface area contributed by atoms with Gasteiger partial charge in [0.25, 0.3) is 0 Å². The number of benzene rings is 1. The molecule has 2 N–H and O–H groups in total. The zero-order valence-corrected chi connectivity index (χ0v) is 14.9. The minimum atomic E-state index is -0.0568. The predicted octanol–water partition coefficient (Wildman–Crippen LogP) is 3.01. The van der Waals surface area contributed by atoms with Crippen LogP contribution in [0.5, 0.6) is 0 Å². The summed E-state index contributed by atoms with van der Waals surface area (Å²) in [6, 6.07) is 8.41. The van der Waals surface area contributed by atoms with Gasteiger partial charge in [-0.05, 0) is 30.9 Å². The minimum Gasteiger partial charge on any atom is -0.361 e. The lowest BCUT2D eigenvalue weighted by Crippen LogP contribution is -2.44. The van der Waals surface area contributed by atoms with Crippen LogP contribution < -0.4 is 5.32 Å². The molecule has 5 heteroatoms. The Morgan fingerprint density at radius 1 is 1.20 bits per heavy atom. The zero-order chi connectivity index (χ0) is 17.6. The van der Waals surface area contributed by atoms with E-state index >= 15 is 0 Å². The van der Waals surface area contributed by atoms with Crippen molar-refractivity contribution in [1.82, 2.24) is 15.2 Å². The summed E-state index contributed by atoms with van der Waals surface area (Å²) in [6.45, 7) is 2.23. The van der Waals surface area contributed by atoms with Crippen molar-refractivity contribution >= 4 is 22.7 Å². The molecule has 0 bridgehead atoms. The summed E-state index contributed by atoms with van der Waals surface area (Å²) in [6.07, 6.45) is 8.47. The number of rotatable bonds is 6. The molecule has 1 aromatic carbocycles. The molecule has 1 aliphatic rings. The van der Waals surface area contributed by atoms with Gasteiger partial charge in [0.2, 0.25) is 11.8 Å². The van der Waals surface area contributed by atoms with Crippen LogP contribution in [0.2, 0.25) is 0 Å². The lowest BCUT2D eigenvalue weighted by molar-refractivity contribution is -0.134. The van der Waals surface area contributed by atoms with E-state index in [1.54, 1.807) is 4.90 Å². The number of H-pyrrole nitrogens is 1. The number of para-hydroxylation sites is 1. The smallest absolute Gasteiger partial charge is 0.239 e. The normalized spacial score (nSPS) is 15.2. The summed E-state index contributed by atoms with van der Waals surface area (Å²) in [4.78, 5) is 29.1. The third-order valence-corrected chi connectivity index (χ3v) is 5.08. The van der Waals surface area contributed by atoms with Gasteiger partial charge in [0.15, 0.2) is 0 Å². The Labute approximate surface area is 148 Å². The van der Waals surface area contributed by atoms with Gasteiger partial charge in [0.1, 0.15) is 0 Å². The Kier molecular flexibility index (Phi) is 5.74. The average Bonchev–Trinajstić information content (AvgIpc) is 3.02. The van der Waals surface area contributed by atoms with Crippen LogP contribution in [-0.4, -0.2) is 40.8 Å². The largest absolute Gasteiger partial charge is 0.361 e. The van der Waals surface area contributed by atoms with Crippen LogP contribution in [0.15, 0.2) is 30.5 Å². The van der Waals surface area contributed by atoms with Gasteiger partial charge in [0, 0.05) is 36.6 Å². The maximum absolute atomic E-state index is 12.3. The Morgan fingerprint density at radius 2 is 1.96 bits per heavy atom. The van der Waals surface area contributed by atoms with Gasteiger partial charge in [-0.2, -0.15) is 0 Å². The highest BCUT2D eigenvalue weighted by Crippen LogP contribution is 2.19. The fourth-order valence-corrected chi connectivity index (χ4v) is 3.64. The van der Waals surface area contributed by atoms with E-state index in [9.17, 15) is 9.59 Å². The van der Waals surface area contributed by atoms with E-state index in [0.29, 0.717) is 6.54 Å². The molecule has 0 spiro atoms. The Hall–Kier alpha value is -2.30. The van der Waals surface area contributed by atoms with E-state index in [1.165, 1.54) is 37.1 Å². The first-order valence-electron chi connectivity index (χ1n) is 9.23. The summed E-state index contributed by atoms with van der Waals surface area (Å²) in [5, 5.41) is 4.27. The molecule has 2 amide bonds. The molecular formula is C20H27N3O2. The van der Waals surface area contributed by atoms with Gasteiger partial charge in [-0.1, -0.05) is 37.5 Å². The molecule has 1 heterocycles. The molecule has 3 rings (SSSR count). The van der Waals surface area contributed by atoms with Gasteiger partial charge in [-0.15, -0.1) is 0 Å². The van der Waals surface area contributed by atoms with Crippen LogP contribution in [0.4, 0.5) is 0 Å². The van der Waals surface area contributed by atoms with E-state index in [-0.39, 0.29) is 24.4 Å². The quantitative estimate of drug-likeness (QED) is 0.848. The Morgan fingerprint density at radius 3 is 2.72 bits per heavy atom. The average molecular weight is 341 g/mol. The lowest BCUT2D eigenvalue weighted by Gasteiger charge is -2.25.